The van der Waals surface area contributed by atoms with Crippen LogP contribution in [-0.2, 0) is 0 Å². The van der Waals surface area contributed by atoms with E-state index in [0.717, 1.165) is 19.6 Å². The van der Waals surface area contributed by atoms with E-state index in [1.165, 1.54) is 6.07 Å². The number of phenolic OH excluding ortho intramolecular Hbond substituents is 1. The molecule has 16 heavy (non-hydrogen) atoms. The molecule has 1 fully saturated rings. The van der Waals surface area contributed by atoms with Crippen molar-refractivity contribution in [2.75, 3.05) is 19.6 Å². The SMILES string of the molecule is CC1CNCCN1C(=O)c1cccc(O)c1. The molecule has 0 bridgehead atoms. The zero-order valence-corrected chi connectivity index (χ0v) is 9.31. The van der Waals surface area contributed by atoms with Crippen LogP contribution in [0.4, 0.5) is 0 Å². The zero-order chi connectivity index (χ0) is 11.5. The number of phenols is 1. The number of carbonyl (C=O) groups is 1. The van der Waals surface area contributed by atoms with Crippen molar-refractivity contribution in [3.63, 3.8) is 0 Å². The maximum Gasteiger partial charge on any atom is 0.254 e. The van der Waals surface area contributed by atoms with Crippen LogP contribution in [0.1, 0.15) is 17.3 Å². The number of piperazine rings is 1. The molecule has 1 amide bonds. The number of rotatable bonds is 1. The van der Waals surface area contributed by atoms with Crippen LogP contribution in [0.2, 0.25) is 0 Å². The predicted octanol–water partition coefficient (Wildman–Crippen LogP) is 0.826. The molecule has 0 radical (unpaired) electrons. The van der Waals surface area contributed by atoms with Crippen molar-refractivity contribution in [1.82, 2.24) is 10.2 Å². The number of amides is 1. The molecule has 1 aromatic carbocycles. The van der Waals surface area contributed by atoms with Gasteiger partial charge >= 0.3 is 0 Å². The molecule has 1 atom stereocenters. The third kappa shape index (κ3) is 2.17. The van der Waals surface area contributed by atoms with E-state index in [2.05, 4.69) is 5.32 Å². The van der Waals surface area contributed by atoms with E-state index in [9.17, 15) is 9.90 Å². The third-order valence-electron chi connectivity index (χ3n) is 2.86. The fourth-order valence-electron chi connectivity index (χ4n) is 1.95. The van der Waals surface area contributed by atoms with Gasteiger partial charge in [0.2, 0.25) is 0 Å². The predicted molar refractivity (Wildman–Crippen MR) is 61.5 cm³/mol. The average molecular weight is 220 g/mol. The number of nitrogens with one attached hydrogen (secondary N) is 1. The molecule has 2 N–H and O–H groups in total. The maximum absolute atomic E-state index is 12.1. The first-order chi connectivity index (χ1) is 7.68. The standard InChI is InChI=1S/C12H16N2O2/c1-9-8-13-5-6-14(9)12(16)10-3-2-4-11(15)7-10/h2-4,7,9,13,15H,5-6,8H2,1H3. The average Bonchev–Trinajstić information content (AvgIpc) is 2.29. The molecule has 0 saturated carbocycles. The molecular weight excluding hydrogens is 204 g/mol. The topological polar surface area (TPSA) is 52.6 Å². The van der Waals surface area contributed by atoms with Crippen LogP contribution < -0.4 is 5.32 Å². The Hall–Kier alpha value is -1.55. The largest absolute Gasteiger partial charge is 0.508 e. The van der Waals surface area contributed by atoms with Crippen molar-refractivity contribution in [3.05, 3.63) is 29.8 Å². The summed E-state index contributed by atoms with van der Waals surface area (Å²) in [5.74, 6) is 0.124. The van der Waals surface area contributed by atoms with Gasteiger partial charge in [-0.2, -0.15) is 0 Å². The first kappa shape index (κ1) is 11.0. The van der Waals surface area contributed by atoms with Gasteiger partial charge in [-0.25, -0.2) is 0 Å². The van der Waals surface area contributed by atoms with Crippen molar-refractivity contribution < 1.29 is 9.90 Å². The van der Waals surface area contributed by atoms with Crippen LogP contribution in [0.3, 0.4) is 0 Å². The Bertz CT molecular complexity index is 392. The van der Waals surface area contributed by atoms with Gasteiger partial charge in [0.05, 0.1) is 0 Å². The Morgan fingerprint density at radius 2 is 2.38 bits per heavy atom. The molecule has 1 heterocycles. The van der Waals surface area contributed by atoms with Gasteiger partial charge in [-0.1, -0.05) is 6.07 Å². The van der Waals surface area contributed by atoms with E-state index in [4.69, 9.17) is 0 Å². The van der Waals surface area contributed by atoms with Gasteiger partial charge < -0.3 is 15.3 Å². The highest BCUT2D eigenvalue weighted by Crippen LogP contribution is 2.15. The minimum Gasteiger partial charge on any atom is -0.508 e. The lowest BCUT2D eigenvalue weighted by Gasteiger charge is -2.34. The molecule has 4 heteroatoms. The Morgan fingerprint density at radius 3 is 3.06 bits per heavy atom. The second-order valence-corrected chi connectivity index (χ2v) is 4.10. The molecule has 1 saturated heterocycles. The Labute approximate surface area is 94.9 Å². The van der Waals surface area contributed by atoms with Gasteiger partial charge in [-0.15, -0.1) is 0 Å². The summed E-state index contributed by atoms with van der Waals surface area (Å²) < 4.78 is 0. The first-order valence-electron chi connectivity index (χ1n) is 5.49. The molecule has 1 unspecified atom stereocenters. The smallest absolute Gasteiger partial charge is 0.254 e. The summed E-state index contributed by atoms with van der Waals surface area (Å²) in [4.78, 5) is 14.0. The minimum absolute atomic E-state index is 0.00935. The van der Waals surface area contributed by atoms with Crippen molar-refractivity contribution in [1.29, 1.82) is 0 Å². The van der Waals surface area contributed by atoms with Crippen molar-refractivity contribution in [2.45, 2.75) is 13.0 Å². The van der Waals surface area contributed by atoms with Gasteiger partial charge in [-0.05, 0) is 25.1 Å². The number of aromatic hydroxyl groups is 1. The molecule has 1 aromatic rings. The van der Waals surface area contributed by atoms with Crippen LogP contribution in [0.25, 0.3) is 0 Å². The second-order valence-electron chi connectivity index (χ2n) is 4.10. The quantitative estimate of drug-likeness (QED) is 0.737. The summed E-state index contributed by atoms with van der Waals surface area (Å²) in [7, 11) is 0. The molecule has 0 aromatic heterocycles. The maximum atomic E-state index is 12.1. The summed E-state index contributed by atoms with van der Waals surface area (Å²) in [6.07, 6.45) is 0. The number of hydrogen-bond donors (Lipinski definition) is 2. The monoisotopic (exact) mass is 220 g/mol. The highest BCUT2D eigenvalue weighted by atomic mass is 16.3. The summed E-state index contributed by atoms with van der Waals surface area (Å²) in [5, 5.41) is 12.6. The minimum atomic E-state index is -0.00935. The van der Waals surface area contributed by atoms with Crippen LogP contribution in [0.15, 0.2) is 24.3 Å². The van der Waals surface area contributed by atoms with Gasteiger partial charge in [0, 0.05) is 31.2 Å². The van der Waals surface area contributed by atoms with Gasteiger partial charge in [0.15, 0.2) is 0 Å². The highest BCUT2D eigenvalue weighted by Gasteiger charge is 2.23. The number of nitrogens with zero attached hydrogens (tertiary/aromatic N) is 1. The molecular formula is C12H16N2O2. The Balaban J connectivity index is 2.17. The van der Waals surface area contributed by atoms with E-state index in [1.807, 2.05) is 11.8 Å². The lowest BCUT2D eigenvalue weighted by molar-refractivity contribution is 0.0655. The number of benzene rings is 1. The normalized spacial score (nSPS) is 20.8. The summed E-state index contributed by atoms with van der Waals surface area (Å²) in [6, 6.07) is 6.70. The summed E-state index contributed by atoms with van der Waals surface area (Å²) >= 11 is 0. The summed E-state index contributed by atoms with van der Waals surface area (Å²) in [5.41, 5.74) is 0.550. The highest BCUT2D eigenvalue weighted by molar-refractivity contribution is 5.94. The van der Waals surface area contributed by atoms with E-state index in [1.54, 1.807) is 18.2 Å². The molecule has 2 rings (SSSR count). The molecule has 86 valence electrons. The molecule has 4 nitrogen and oxygen atoms in total. The van der Waals surface area contributed by atoms with Gasteiger partial charge in [0.1, 0.15) is 5.75 Å². The van der Waals surface area contributed by atoms with Gasteiger partial charge in [0.25, 0.3) is 5.91 Å². The van der Waals surface area contributed by atoms with Crippen LogP contribution in [-0.4, -0.2) is 41.6 Å². The third-order valence-corrected chi connectivity index (χ3v) is 2.86. The lowest BCUT2D eigenvalue weighted by Crippen LogP contribution is -2.52. The fourth-order valence-corrected chi connectivity index (χ4v) is 1.95. The molecule has 1 aliphatic rings. The van der Waals surface area contributed by atoms with Crippen molar-refractivity contribution in [2.24, 2.45) is 0 Å². The fraction of sp³-hybridized carbons (Fsp3) is 0.417. The van der Waals surface area contributed by atoms with Crippen molar-refractivity contribution >= 4 is 5.91 Å². The van der Waals surface area contributed by atoms with Crippen LogP contribution in [0.5, 0.6) is 5.75 Å². The van der Waals surface area contributed by atoms with Gasteiger partial charge in [-0.3, -0.25) is 4.79 Å². The van der Waals surface area contributed by atoms with E-state index < -0.39 is 0 Å². The Kier molecular flexibility index (Phi) is 3.10. The second kappa shape index (κ2) is 4.53. The van der Waals surface area contributed by atoms with Crippen molar-refractivity contribution in [3.8, 4) is 5.75 Å². The van der Waals surface area contributed by atoms with Crippen LogP contribution >= 0.6 is 0 Å². The molecule has 0 spiro atoms. The number of hydrogen-bond acceptors (Lipinski definition) is 3. The van der Waals surface area contributed by atoms with E-state index in [0.29, 0.717) is 5.56 Å². The lowest BCUT2D eigenvalue weighted by atomic mass is 10.1. The van der Waals surface area contributed by atoms with E-state index >= 15 is 0 Å². The van der Waals surface area contributed by atoms with E-state index in [-0.39, 0.29) is 17.7 Å². The first-order valence-corrected chi connectivity index (χ1v) is 5.49. The molecule has 1 aliphatic heterocycles. The Morgan fingerprint density at radius 1 is 1.56 bits per heavy atom. The molecule has 0 aliphatic carbocycles. The van der Waals surface area contributed by atoms with Crippen LogP contribution in [0, 0.1) is 0 Å². The number of carbonyl (C=O) groups excluding carboxylic acids is 1. The zero-order valence-electron chi connectivity index (χ0n) is 9.31. The summed E-state index contributed by atoms with van der Waals surface area (Å²) in [6.45, 7) is 4.39.